The van der Waals surface area contributed by atoms with Crippen molar-refractivity contribution in [2.45, 2.75) is 0 Å². The van der Waals surface area contributed by atoms with E-state index in [1.54, 1.807) is 0 Å². The quantitative estimate of drug-likeness (QED) is 0.221. The maximum Gasteiger partial charge on any atom is 0.270 e. The van der Waals surface area contributed by atoms with E-state index >= 15 is 0 Å². The number of benzene rings is 1. The minimum atomic E-state index is -0.613. The number of carbonyl (C=O) groups excluding carboxylic acids is 1. The number of rotatable bonds is 3. The number of amides is 1. The highest BCUT2D eigenvalue weighted by Gasteiger charge is 2.16. The first-order chi connectivity index (χ1) is 7.47. The lowest BCUT2D eigenvalue weighted by molar-refractivity contribution is -0.384. The summed E-state index contributed by atoms with van der Waals surface area (Å²) in [6.07, 6.45) is 0. The Bertz CT molecular complexity index is 474. The standard InChI is InChI=1S/C8H8N4O3S/c9-7(16)6-3-4(12(14)15)1-2-5(6)8(13)11-10/h1-3H,10H2,(H2,9,16)(H,11,13). The molecule has 1 aromatic carbocycles. The number of nitrogens with two attached hydrogens (primary N) is 2. The lowest BCUT2D eigenvalue weighted by Crippen LogP contribution is -2.32. The molecule has 0 spiro atoms. The van der Waals surface area contributed by atoms with Crippen LogP contribution in [0.25, 0.3) is 0 Å². The van der Waals surface area contributed by atoms with E-state index in [-0.39, 0.29) is 21.8 Å². The third-order valence-electron chi connectivity index (χ3n) is 1.86. The van der Waals surface area contributed by atoms with Gasteiger partial charge in [-0.2, -0.15) is 0 Å². The topological polar surface area (TPSA) is 124 Å². The molecule has 0 atom stereocenters. The number of nitrogens with one attached hydrogen (secondary N) is 1. The van der Waals surface area contributed by atoms with Crippen LogP contribution in [0.4, 0.5) is 5.69 Å². The van der Waals surface area contributed by atoms with Crippen molar-refractivity contribution in [1.29, 1.82) is 0 Å². The minimum absolute atomic E-state index is 0.0978. The minimum Gasteiger partial charge on any atom is -0.389 e. The van der Waals surface area contributed by atoms with E-state index in [0.717, 1.165) is 6.07 Å². The second-order valence-electron chi connectivity index (χ2n) is 2.82. The van der Waals surface area contributed by atoms with Crippen molar-refractivity contribution in [3.8, 4) is 0 Å². The number of nitro benzene ring substituents is 1. The first kappa shape index (κ1) is 12.0. The molecular weight excluding hydrogens is 232 g/mol. The molecule has 0 fully saturated rings. The van der Waals surface area contributed by atoms with Crippen molar-refractivity contribution in [3.63, 3.8) is 0 Å². The third kappa shape index (κ3) is 2.30. The van der Waals surface area contributed by atoms with Gasteiger partial charge < -0.3 is 5.73 Å². The van der Waals surface area contributed by atoms with Gasteiger partial charge in [0.15, 0.2) is 0 Å². The predicted octanol–water partition coefficient (Wildman–Crippen LogP) is -0.168. The van der Waals surface area contributed by atoms with Crippen molar-refractivity contribution in [1.82, 2.24) is 5.43 Å². The van der Waals surface area contributed by atoms with Gasteiger partial charge in [0.1, 0.15) is 4.99 Å². The summed E-state index contributed by atoms with van der Waals surface area (Å²) in [7, 11) is 0. The van der Waals surface area contributed by atoms with Crippen LogP contribution in [0, 0.1) is 10.1 Å². The summed E-state index contributed by atoms with van der Waals surface area (Å²) in [6.45, 7) is 0. The Kier molecular flexibility index (Phi) is 3.48. The number of non-ortho nitro benzene ring substituents is 1. The van der Waals surface area contributed by atoms with Crippen LogP contribution in [0.5, 0.6) is 0 Å². The second-order valence-corrected chi connectivity index (χ2v) is 3.26. The number of hydrazine groups is 1. The number of thiocarbonyl (C=S) groups is 1. The average Bonchev–Trinajstić information content (AvgIpc) is 2.26. The summed E-state index contributed by atoms with van der Waals surface area (Å²) < 4.78 is 0. The molecule has 0 heterocycles. The number of hydrogen-bond acceptors (Lipinski definition) is 5. The van der Waals surface area contributed by atoms with Crippen molar-refractivity contribution >= 4 is 28.8 Å². The zero-order valence-corrected chi connectivity index (χ0v) is 8.78. The molecule has 0 unspecified atom stereocenters. The Morgan fingerprint density at radius 3 is 2.50 bits per heavy atom. The smallest absolute Gasteiger partial charge is 0.270 e. The molecule has 0 bridgehead atoms. The molecule has 1 aromatic rings. The first-order valence-corrected chi connectivity index (χ1v) is 4.47. The molecule has 8 heteroatoms. The van der Waals surface area contributed by atoms with Gasteiger partial charge in [0.05, 0.1) is 10.5 Å². The highest BCUT2D eigenvalue weighted by Crippen LogP contribution is 2.17. The lowest BCUT2D eigenvalue weighted by Gasteiger charge is -2.06. The molecule has 0 saturated carbocycles. The number of nitrogen functional groups attached to an aromatic ring is 1. The summed E-state index contributed by atoms with van der Waals surface area (Å²) in [6, 6.07) is 3.55. The van der Waals surface area contributed by atoms with Gasteiger partial charge in [0.2, 0.25) is 0 Å². The largest absolute Gasteiger partial charge is 0.389 e. The van der Waals surface area contributed by atoms with Crippen LogP contribution >= 0.6 is 12.2 Å². The van der Waals surface area contributed by atoms with Crippen LogP contribution in [0.1, 0.15) is 15.9 Å². The molecule has 0 saturated heterocycles. The Hall–Kier alpha value is -2.06. The van der Waals surface area contributed by atoms with E-state index in [4.69, 9.17) is 23.8 Å². The van der Waals surface area contributed by atoms with Gasteiger partial charge >= 0.3 is 0 Å². The van der Waals surface area contributed by atoms with Gasteiger partial charge in [-0.1, -0.05) is 12.2 Å². The Morgan fingerprint density at radius 2 is 2.06 bits per heavy atom. The predicted molar refractivity (Wildman–Crippen MR) is 60.6 cm³/mol. The highest BCUT2D eigenvalue weighted by molar-refractivity contribution is 7.80. The molecule has 1 rings (SSSR count). The van der Waals surface area contributed by atoms with Crippen LogP contribution in [0.2, 0.25) is 0 Å². The first-order valence-electron chi connectivity index (χ1n) is 4.06. The van der Waals surface area contributed by atoms with Gasteiger partial charge in [-0.05, 0) is 6.07 Å². The van der Waals surface area contributed by atoms with E-state index in [1.165, 1.54) is 12.1 Å². The van der Waals surface area contributed by atoms with Crippen molar-refractivity contribution in [2.75, 3.05) is 0 Å². The SMILES string of the molecule is NNC(=O)c1ccc([N+](=O)[O-])cc1C(N)=S. The van der Waals surface area contributed by atoms with Crippen LogP contribution < -0.4 is 17.0 Å². The van der Waals surface area contributed by atoms with Gasteiger partial charge in [-0.15, -0.1) is 0 Å². The summed E-state index contributed by atoms with van der Waals surface area (Å²) in [5, 5.41) is 10.5. The molecule has 0 radical (unpaired) electrons. The van der Waals surface area contributed by atoms with E-state index in [0.29, 0.717) is 0 Å². The lowest BCUT2D eigenvalue weighted by atomic mass is 10.1. The molecule has 1 amide bonds. The molecule has 0 aromatic heterocycles. The summed E-state index contributed by atoms with van der Waals surface area (Å²) in [4.78, 5) is 21.1. The van der Waals surface area contributed by atoms with E-state index in [1.807, 2.05) is 5.43 Å². The van der Waals surface area contributed by atoms with E-state index in [9.17, 15) is 14.9 Å². The fourth-order valence-electron chi connectivity index (χ4n) is 1.13. The van der Waals surface area contributed by atoms with Gasteiger partial charge in [0, 0.05) is 17.7 Å². The molecular formula is C8H8N4O3S. The van der Waals surface area contributed by atoms with E-state index in [2.05, 4.69) is 0 Å². The number of nitrogens with zero attached hydrogens (tertiary/aromatic N) is 1. The zero-order chi connectivity index (χ0) is 12.3. The molecule has 16 heavy (non-hydrogen) atoms. The van der Waals surface area contributed by atoms with E-state index < -0.39 is 10.8 Å². The summed E-state index contributed by atoms with van der Waals surface area (Å²) in [5.41, 5.74) is 7.28. The van der Waals surface area contributed by atoms with Gasteiger partial charge in [-0.25, -0.2) is 5.84 Å². The third-order valence-corrected chi connectivity index (χ3v) is 2.08. The summed E-state index contributed by atoms with van der Waals surface area (Å²) >= 11 is 4.70. The molecule has 84 valence electrons. The zero-order valence-electron chi connectivity index (χ0n) is 7.97. The van der Waals surface area contributed by atoms with Crippen LogP contribution in [0.15, 0.2) is 18.2 Å². The van der Waals surface area contributed by atoms with Gasteiger partial charge in [0.25, 0.3) is 11.6 Å². The van der Waals surface area contributed by atoms with Crippen molar-refractivity contribution < 1.29 is 9.72 Å². The fourth-order valence-corrected chi connectivity index (χ4v) is 1.29. The monoisotopic (exact) mass is 240 g/mol. The second kappa shape index (κ2) is 4.64. The summed E-state index contributed by atoms with van der Waals surface area (Å²) in [5.74, 6) is 4.34. The number of carbonyl (C=O) groups is 1. The maximum atomic E-state index is 11.3. The fraction of sp³-hybridized carbons (Fsp3) is 0. The normalized spacial score (nSPS) is 9.56. The number of nitro groups is 1. The number of hydrogen-bond donors (Lipinski definition) is 3. The van der Waals surface area contributed by atoms with Gasteiger partial charge in [-0.3, -0.25) is 20.3 Å². The van der Waals surface area contributed by atoms with Crippen LogP contribution in [-0.2, 0) is 0 Å². The molecule has 7 nitrogen and oxygen atoms in total. The van der Waals surface area contributed by atoms with Crippen molar-refractivity contribution in [3.05, 3.63) is 39.4 Å². The Morgan fingerprint density at radius 1 is 1.44 bits per heavy atom. The van der Waals surface area contributed by atoms with Crippen LogP contribution in [0.3, 0.4) is 0 Å². The van der Waals surface area contributed by atoms with Crippen LogP contribution in [-0.4, -0.2) is 15.8 Å². The Balaban J connectivity index is 3.36. The van der Waals surface area contributed by atoms with Crippen molar-refractivity contribution in [2.24, 2.45) is 11.6 Å². The average molecular weight is 240 g/mol. The highest BCUT2D eigenvalue weighted by atomic mass is 32.1. The Labute approximate surface area is 95.5 Å². The molecule has 0 aliphatic carbocycles. The molecule has 5 N–H and O–H groups in total. The molecule has 0 aliphatic heterocycles. The molecule has 0 aliphatic rings. The maximum absolute atomic E-state index is 11.3.